The summed E-state index contributed by atoms with van der Waals surface area (Å²) in [6, 6.07) is 12.4. The van der Waals surface area contributed by atoms with Crippen molar-refractivity contribution in [2.24, 2.45) is 5.92 Å². The molecule has 3 aromatic rings. The van der Waals surface area contributed by atoms with Crippen molar-refractivity contribution in [2.75, 3.05) is 0 Å². The molecule has 1 aliphatic heterocycles. The van der Waals surface area contributed by atoms with Crippen molar-refractivity contribution in [3.05, 3.63) is 76.5 Å². The summed E-state index contributed by atoms with van der Waals surface area (Å²) in [6.07, 6.45) is 4.44. The van der Waals surface area contributed by atoms with Crippen LogP contribution in [0.25, 0.3) is 11.3 Å². The monoisotopic (exact) mass is 425 g/mol. The van der Waals surface area contributed by atoms with E-state index >= 15 is 0 Å². The molecule has 0 radical (unpaired) electrons. The van der Waals surface area contributed by atoms with Crippen LogP contribution in [0, 0.1) is 11.7 Å². The minimum Gasteiger partial charge on any atom is -0.349 e. The van der Waals surface area contributed by atoms with Gasteiger partial charge >= 0.3 is 0 Å². The molecule has 2 aromatic carbocycles. The number of nitrogens with one attached hydrogen (secondary N) is 1. The van der Waals surface area contributed by atoms with E-state index in [2.05, 4.69) is 42.1 Å². The molecule has 1 unspecified atom stereocenters. The Labute approximate surface area is 181 Å². The lowest BCUT2D eigenvalue weighted by Crippen LogP contribution is -2.32. The minimum atomic E-state index is -0.483. The average Bonchev–Trinajstić information content (AvgIpc) is 3.31. The van der Waals surface area contributed by atoms with Gasteiger partial charge < -0.3 is 9.88 Å². The molecule has 0 saturated carbocycles. The standard InChI is InChI=1S/C24H25ClFN3O/c1-15(2)24(28-23(30)12-16-8-9-20(26)19(25)11-16)18-6-3-5-17(13-18)21-14-29-10-4-7-22(29)27-21/h3,5-6,8-9,11,13-15,24H,4,7,10,12H2,1-2H3,(H,28,30). The Morgan fingerprint density at radius 3 is 2.83 bits per heavy atom. The van der Waals surface area contributed by atoms with E-state index in [0.29, 0.717) is 5.56 Å². The number of carbonyl (C=O) groups is 1. The topological polar surface area (TPSA) is 46.9 Å². The number of aromatic nitrogens is 2. The Morgan fingerprint density at radius 1 is 1.27 bits per heavy atom. The normalized spacial score (nSPS) is 14.0. The lowest BCUT2D eigenvalue weighted by Gasteiger charge is -2.23. The van der Waals surface area contributed by atoms with Crippen molar-refractivity contribution in [1.29, 1.82) is 0 Å². The molecule has 2 heterocycles. The molecule has 0 fully saturated rings. The summed E-state index contributed by atoms with van der Waals surface area (Å²) >= 11 is 5.84. The van der Waals surface area contributed by atoms with E-state index in [1.807, 2.05) is 12.1 Å². The van der Waals surface area contributed by atoms with E-state index in [-0.39, 0.29) is 29.3 Å². The number of aryl methyl sites for hydroxylation is 2. The van der Waals surface area contributed by atoms with Crippen LogP contribution < -0.4 is 5.32 Å². The Bertz CT molecular complexity index is 1050. The van der Waals surface area contributed by atoms with E-state index in [4.69, 9.17) is 16.6 Å². The third-order valence-corrected chi connectivity index (χ3v) is 5.82. The van der Waals surface area contributed by atoms with Gasteiger partial charge in [0.25, 0.3) is 0 Å². The lowest BCUT2D eigenvalue weighted by atomic mass is 9.94. The number of nitrogens with zero attached hydrogens (tertiary/aromatic N) is 2. The summed E-state index contributed by atoms with van der Waals surface area (Å²) in [5, 5.41) is 3.16. The third-order valence-electron chi connectivity index (χ3n) is 5.53. The molecule has 1 amide bonds. The first-order chi connectivity index (χ1) is 14.4. The second kappa shape index (κ2) is 8.60. The molecule has 1 aliphatic rings. The second-order valence-corrected chi connectivity index (χ2v) is 8.59. The number of benzene rings is 2. The number of hydrogen-bond acceptors (Lipinski definition) is 2. The zero-order valence-corrected chi connectivity index (χ0v) is 17.9. The van der Waals surface area contributed by atoms with Gasteiger partial charge in [-0.3, -0.25) is 4.79 Å². The quantitative estimate of drug-likeness (QED) is 0.579. The van der Waals surface area contributed by atoms with Crippen molar-refractivity contribution >= 4 is 17.5 Å². The highest BCUT2D eigenvalue weighted by atomic mass is 35.5. The van der Waals surface area contributed by atoms with Gasteiger partial charge in [-0.1, -0.05) is 49.7 Å². The maximum Gasteiger partial charge on any atom is 0.224 e. The number of amides is 1. The Kier molecular flexibility index (Phi) is 5.91. The predicted octanol–water partition coefficient (Wildman–Crippen LogP) is 5.34. The number of hydrogen-bond donors (Lipinski definition) is 1. The molecule has 0 bridgehead atoms. The smallest absolute Gasteiger partial charge is 0.224 e. The lowest BCUT2D eigenvalue weighted by molar-refractivity contribution is -0.121. The molecular formula is C24H25ClFN3O. The molecule has 0 spiro atoms. The van der Waals surface area contributed by atoms with Crippen LogP contribution in [0.2, 0.25) is 5.02 Å². The van der Waals surface area contributed by atoms with Gasteiger partial charge in [0.05, 0.1) is 23.2 Å². The first-order valence-electron chi connectivity index (χ1n) is 10.3. The Morgan fingerprint density at radius 2 is 2.10 bits per heavy atom. The van der Waals surface area contributed by atoms with Crippen molar-refractivity contribution in [1.82, 2.24) is 14.9 Å². The van der Waals surface area contributed by atoms with Crippen LogP contribution in [0.1, 0.15) is 43.3 Å². The van der Waals surface area contributed by atoms with Crippen LogP contribution >= 0.6 is 11.6 Å². The number of carbonyl (C=O) groups excluding carboxylic acids is 1. The summed E-state index contributed by atoms with van der Waals surface area (Å²) in [7, 11) is 0. The molecule has 4 nitrogen and oxygen atoms in total. The van der Waals surface area contributed by atoms with Crippen LogP contribution in [0.4, 0.5) is 4.39 Å². The highest BCUT2D eigenvalue weighted by molar-refractivity contribution is 6.30. The minimum absolute atomic E-state index is 0.0281. The molecular weight excluding hydrogens is 401 g/mol. The number of halogens is 2. The first kappa shape index (κ1) is 20.6. The van der Waals surface area contributed by atoms with Crippen molar-refractivity contribution in [2.45, 2.75) is 45.7 Å². The first-order valence-corrected chi connectivity index (χ1v) is 10.7. The molecule has 1 aromatic heterocycles. The van der Waals surface area contributed by atoms with Crippen LogP contribution in [-0.2, 0) is 24.2 Å². The Hall–Kier alpha value is -2.66. The third kappa shape index (κ3) is 4.41. The summed E-state index contributed by atoms with van der Waals surface area (Å²) < 4.78 is 15.6. The second-order valence-electron chi connectivity index (χ2n) is 8.18. The average molecular weight is 426 g/mol. The molecule has 6 heteroatoms. The summed E-state index contributed by atoms with van der Waals surface area (Å²) in [5.41, 5.74) is 3.75. The van der Waals surface area contributed by atoms with Crippen molar-refractivity contribution in [3.8, 4) is 11.3 Å². The van der Waals surface area contributed by atoms with Crippen LogP contribution in [0.5, 0.6) is 0 Å². The van der Waals surface area contributed by atoms with E-state index in [0.717, 1.165) is 42.0 Å². The van der Waals surface area contributed by atoms with E-state index in [1.54, 1.807) is 6.07 Å². The predicted molar refractivity (Wildman–Crippen MR) is 117 cm³/mol. The fourth-order valence-corrected chi connectivity index (χ4v) is 4.18. The maximum absolute atomic E-state index is 13.4. The zero-order valence-electron chi connectivity index (χ0n) is 17.2. The fourth-order valence-electron chi connectivity index (χ4n) is 3.98. The largest absolute Gasteiger partial charge is 0.349 e. The van der Waals surface area contributed by atoms with Gasteiger partial charge in [-0.25, -0.2) is 9.37 Å². The van der Waals surface area contributed by atoms with Gasteiger partial charge in [-0.15, -0.1) is 0 Å². The number of fused-ring (bicyclic) bond motifs is 1. The number of imidazole rings is 1. The molecule has 0 aliphatic carbocycles. The Balaban J connectivity index is 1.52. The van der Waals surface area contributed by atoms with Gasteiger partial charge in [-0.2, -0.15) is 0 Å². The number of rotatable bonds is 6. The van der Waals surface area contributed by atoms with Gasteiger partial charge in [0.1, 0.15) is 11.6 Å². The van der Waals surface area contributed by atoms with Crippen LogP contribution in [0.15, 0.2) is 48.7 Å². The van der Waals surface area contributed by atoms with E-state index in [1.165, 1.54) is 12.1 Å². The van der Waals surface area contributed by atoms with Gasteiger partial charge in [0.15, 0.2) is 0 Å². The van der Waals surface area contributed by atoms with E-state index in [9.17, 15) is 9.18 Å². The highest BCUT2D eigenvalue weighted by Gasteiger charge is 2.20. The molecule has 30 heavy (non-hydrogen) atoms. The van der Waals surface area contributed by atoms with Crippen molar-refractivity contribution < 1.29 is 9.18 Å². The highest BCUT2D eigenvalue weighted by Crippen LogP contribution is 2.28. The maximum atomic E-state index is 13.4. The fraction of sp³-hybridized carbons (Fsp3) is 0.333. The molecule has 1 N–H and O–H groups in total. The van der Waals surface area contributed by atoms with Gasteiger partial charge in [0, 0.05) is 24.7 Å². The molecule has 1 atom stereocenters. The van der Waals surface area contributed by atoms with Crippen LogP contribution in [0.3, 0.4) is 0 Å². The summed E-state index contributed by atoms with van der Waals surface area (Å²) in [5.74, 6) is 0.737. The zero-order chi connectivity index (χ0) is 21.3. The van der Waals surface area contributed by atoms with E-state index < -0.39 is 5.82 Å². The summed E-state index contributed by atoms with van der Waals surface area (Å²) in [6.45, 7) is 5.19. The van der Waals surface area contributed by atoms with Crippen molar-refractivity contribution in [3.63, 3.8) is 0 Å². The van der Waals surface area contributed by atoms with Crippen LogP contribution in [-0.4, -0.2) is 15.5 Å². The SMILES string of the molecule is CC(C)C(NC(=O)Cc1ccc(F)c(Cl)c1)c1cccc(-c2cn3c(n2)CCC3)c1. The molecule has 4 rings (SSSR count). The van der Waals surface area contributed by atoms with Gasteiger partial charge in [-0.05, 0) is 41.7 Å². The molecule has 156 valence electrons. The van der Waals surface area contributed by atoms with Gasteiger partial charge in [0.2, 0.25) is 5.91 Å². The summed E-state index contributed by atoms with van der Waals surface area (Å²) in [4.78, 5) is 17.5. The molecule has 0 saturated heterocycles.